The molecule has 2 aromatic rings. The molecule has 0 spiro atoms. The number of ether oxygens (including phenoxy) is 2. The molecule has 0 aliphatic rings. The van der Waals surface area contributed by atoms with Crippen molar-refractivity contribution in [3.63, 3.8) is 0 Å². The summed E-state index contributed by atoms with van der Waals surface area (Å²) in [6.07, 6.45) is 1.07. The Morgan fingerprint density at radius 1 is 1.16 bits per heavy atom. The maximum atomic E-state index is 13.8. The molecule has 5 heteroatoms. The number of benzene rings is 1. The Morgan fingerprint density at radius 2 is 1.95 bits per heavy atom. The lowest BCUT2D eigenvalue weighted by Crippen LogP contribution is -1.94. The highest BCUT2D eigenvalue weighted by atomic mass is 19.1. The lowest BCUT2D eigenvalue weighted by atomic mass is 10.0. The van der Waals surface area contributed by atoms with E-state index in [0.29, 0.717) is 16.9 Å². The van der Waals surface area contributed by atoms with Crippen LogP contribution in [0.15, 0.2) is 30.5 Å². The molecule has 0 atom stereocenters. The lowest BCUT2D eigenvalue weighted by molar-refractivity contribution is 0.396. The number of nitriles is 1. The average Bonchev–Trinajstić information content (AvgIpc) is 2.47. The van der Waals surface area contributed by atoms with Crippen LogP contribution >= 0.6 is 0 Å². The smallest absolute Gasteiger partial charge is 0.213 e. The molecular weight excluding hydrogens is 247 g/mol. The van der Waals surface area contributed by atoms with Gasteiger partial charge in [-0.1, -0.05) is 0 Å². The monoisotopic (exact) mass is 258 g/mol. The Morgan fingerprint density at radius 3 is 2.58 bits per heavy atom. The topological polar surface area (TPSA) is 55.1 Å². The van der Waals surface area contributed by atoms with Crippen molar-refractivity contribution < 1.29 is 13.9 Å². The largest absolute Gasteiger partial charge is 0.497 e. The van der Waals surface area contributed by atoms with Crippen molar-refractivity contribution in [2.24, 2.45) is 0 Å². The summed E-state index contributed by atoms with van der Waals surface area (Å²) in [5, 5.41) is 9.14. The number of hydrogen-bond acceptors (Lipinski definition) is 4. The van der Waals surface area contributed by atoms with Crippen LogP contribution in [0.3, 0.4) is 0 Å². The third-order valence-electron chi connectivity index (χ3n) is 2.68. The minimum Gasteiger partial charge on any atom is -0.497 e. The van der Waals surface area contributed by atoms with Gasteiger partial charge >= 0.3 is 0 Å². The van der Waals surface area contributed by atoms with E-state index in [4.69, 9.17) is 14.7 Å². The molecule has 2 rings (SSSR count). The number of pyridine rings is 1. The average molecular weight is 258 g/mol. The molecule has 0 unspecified atom stereocenters. The summed E-state index contributed by atoms with van der Waals surface area (Å²) in [5.41, 5.74) is 1.07. The molecule has 19 heavy (non-hydrogen) atoms. The summed E-state index contributed by atoms with van der Waals surface area (Å²) in [6, 6.07) is 8.34. The molecule has 1 heterocycles. The number of rotatable bonds is 3. The van der Waals surface area contributed by atoms with Gasteiger partial charge in [0.25, 0.3) is 0 Å². The maximum absolute atomic E-state index is 13.8. The predicted molar refractivity (Wildman–Crippen MR) is 67.5 cm³/mol. The van der Waals surface area contributed by atoms with Crippen molar-refractivity contribution in [3.8, 4) is 28.8 Å². The van der Waals surface area contributed by atoms with Gasteiger partial charge in [0, 0.05) is 17.2 Å². The van der Waals surface area contributed by atoms with Crippen LogP contribution in [0.2, 0.25) is 0 Å². The van der Waals surface area contributed by atoms with Crippen LogP contribution in [0.5, 0.6) is 11.6 Å². The molecule has 96 valence electrons. The van der Waals surface area contributed by atoms with Crippen molar-refractivity contribution in [2.75, 3.05) is 14.2 Å². The van der Waals surface area contributed by atoms with Crippen molar-refractivity contribution in [1.29, 1.82) is 5.26 Å². The molecule has 0 fully saturated rings. The zero-order valence-corrected chi connectivity index (χ0v) is 10.5. The van der Waals surface area contributed by atoms with Crippen LogP contribution in [-0.2, 0) is 0 Å². The minimum absolute atomic E-state index is 0.269. The van der Waals surface area contributed by atoms with Crippen LogP contribution in [0, 0.1) is 17.1 Å². The van der Waals surface area contributed by atoms with E-state index in [0.717, 1.165) is 6.20 Å². The molecule has 0 aliphatic heterocycles. The fourth-order valence-corrected chi connectivity index (χ4v) is 1.72. The highest BCUT2D eigenvalue weighted by molar-refractivity contribution is 5.72. The van der Waals surface area contributed by atoms with Crippen LogP contribution < -0.4 is 9.47 Å². The first-order valence-electron chi connectivity index (χ1n) is 5.47. The number of halogens is 1. The van der Waals surface area contributed by atoms with Gasteiger partial charge in [-0.3, -0.25) is 0 Å². The van der Waals surface area contributed by atoms with Crippen LogP contribution in [0.4, 0.5) is 4.39 Å². The molecule has 4 nitrogen and oxygen atoms in total. The van der Waals surface area contributed by atoms with Gasteiger partial charge in [-0.25, -0.2) is 9.37 Å². The quantitative estimate of drug-likeness (QED) is 0.849. The van der Waals surface area contributed by atoms with Gasteiger partial charge in [0.1, 0.15) is 11.6 Å². The highest BCUT2D eigenvalue weighted by Crippen LogP contribution is 2.30. The predicted octanol–water partition coefficient (Wildman–Crippen LogP) is 2.78. The van der Waals surface area contributed by atoms with Crippen molar-refractivity contribution >= 4 is 0 Å². The lowest BCUT2D eigenvalue weighted by Gasteiger charge is -2.08. The third kappa shape index (κ3) is 2.47. The normalized spacial score (nSPS) is 9.79. The van der Waals surface area contributed by atoms with E-state index in [-0.39, 0.29) is 11.4 Å². The zero-order chi connectivity index (χ0) is 13.8. The molecule has 0 aliphatic carbocycles. The van der Waals surface area contributed by atoms with E-state index in [2.05, 4.69) is 4.98 Å². The summed E-state index contributed by atoms with van der Waals surface area (Å²) in [6.45, 7) is 0. The zero-order valence-electron chi connectivity index (χ0n) is 10.5. The van der Waals surface area contributed by atoms with E-state index in [1.807, 2.05) is 6.07 Å². The van der Waals surface area contributed by atoms with Crippen molar-refractivity contribution in [2.45, 2.75) is 0 Å². The number of nitrogens with zero attached hydrogens (tertiary/aromatic N) is 2. The Labute approximate surface area is 110 Å². The number of hydrogen-bond donors (Lipinski definition) is 0. The van der Waals surface area contributed by atoms with Crippen LogP contribution in [0.1, 0.15) is 5.56 Å². The minimum atomic E-state index is -0.512. The molecular formula is C14H11FN2O2. The Balaban J connectivity index is 2.62. The first kappa shape index (κ1) is 12.8. The molecule has 0 saturated heterocycles. The van der Waals surface area contributed by atoms with E-state index >= 15 is 0 Å². The number of methoxy groups -OCH3 is 2. The molecule has 0 saturated carbocycles. The Kier molecular flexibility index (Phi) is 3.62. The fraction of sp³-hybridized carbons (Fsp3) is 0.143. The second-order valence-corrected chi connectivity index (χ2v) is 3.73. The molecule has 0 bridgehead atoms. The summed E-state index contributed by atoms with van der Waals surface area (Å²) >= 11 is 0. The second-order valence-electron chi connectivity index (χ2n) is 3.73. The van der Waals surface area contributed by atoms with Gasteiger partial charge in [0.2, 0.25) is 5.88 Å². The van der Waals surface area contributed by atoms with E-state index in [1.54, 1.807) is 18.2 Å². The summed E-state index contributed by atoms with van der Waals surface area (Å²) in [5.74, 6) is 0.320. The first-order chi connectivity index (χ1) is 9.19. The van der Waals surface area contributed by atoms with Gasteiger partial charge in [-0.2, -0.15) is 5.26 Å². The van der Waals surface area contributed by atoms with E-state index in [9.17, 15) is 4.39 Å². The first-order valence-corrected chi connectivity index (χ1v) is 5.47. The Hall–Kier alpha value is -2.61. The van der Waals surface area contributed by atoms with E-state index < -0.39 is 5.82 Å². The highest BCUT2D eigenvalue weighted by Gasteiger charge is 2.12. The number of aromatic nitrogens is 1. The van der Waals surface area contributed by atoms with Gasteiger partial charge in [-0.15, -0.1) is 0 Å². The van der Waals surface area contributed by atoms with E-state index in [1.165, 1.54) is 20.3 Å². The van der Waals surface area contributed by atoms with Crippen molar-refractivity contribution in [3.05, 3.63) is 41.8 Å². The summed E-state index contributed by atoms with van der Waals surface area (Å²) in [4.78, 5) is 3.77. The molecule has 0 N–H and O–H groups in total. The molecule has 0 radical (unpaired) electrons. The standard InChI is InChI=1S/C14H11FN2O2/c1-18-10-3-4-11(9(5-10)7-16)12-6-14(19-2)17-8-13(12)15/h3-6,8H,1-2H3. The summed E-state index contributed by atoms with van der Waals surface area (Å²) in [7, 11) is 2.95. The second kappa shape index (κ2) is 5.36. The van der Waals surface area contributed by atoms with Gasteiger partial charge in [0.05, 0.1) is 32.0 Å². The van der Waals surface area contributed by atoms with Gasteiger partial charge < -0.3 is 9.47 Å². The SMILES string of the molecule is COc1ccc(-c2cc(OC)ncc2F)c(C#N)c1. The van der Waals surface area contributed by atoms with Gasteiger partial charge in [-0.05, 0) is 18.2 Å². The summed E-state index contributed by atoms with van der Waals surface area (Å²) < 4.78 is 23.8. The van der Waals surface area contributed by atoms with Crippen LogP contribution in [-0.4, -0.2) is 19.2 Å². The Bertz CT molecular complexity index is 650. The fourth-order valence-electron chi connectivity index (χ4n) is 1.72. The maximum Gasteiger partial charge on any atom is 0.213 e. The molecule has 1 aromatic carbocycles. The molecule has 1 aromatic heterocycles. The van der Waals surface area contributed by atoms with Crippen molar-refractivity contribution in [1.82, 2.24) is 4.98 Å². The van der Waals surface area contributed by atoms with Gasteiger partial charge in [0.15, 0.2) is 0 Å². The van der Waals surface area contributed by atoms with Crippen LogP contribution in [0.25, 0.3) is 11.1 Å². The molecule has 0 amide bonds. The third-order valence-corrected chi connectivity index (χ3v) is 2.68.